The fourth-order valence-electron chi connectivity index (χ4n) is 1.48. The predicted octanol–water partition coefficient (Wildman–Crippen LogP) is 0.884. The maximum Gasteiger partial charge on any atom is 0.0537 e. The molecular weight excluding hydrogens is 144 g/mol. The van der Waals surface area contributed by atoms with Gasteiger partial charge < -0.3 is 5.32 Å². The van der Waals surface area contributed by atoms with E-state index in [1.54, 1.807) is 0 Å². The van der Waals surface area contributed by atoms with Crippen molar-refractivity contribution in [2.45, 2.75) is 17.6 Å². The van der Waals surface area contributed by atoms with Crippen molar-refractivity contribution in [2.75, 3.05) is 19.0 Å². The van der Waals surface area contributed by atoms with Crippen molar-refractivity contribution in [2.24, 2.45) is 4.99 Å². The summed E-state index contributed by atoms with van der Waals surface area (Å²) in [5.74, 6) is 1.11. The van der Waals surface area contributed by atoms with Gasteiger partial charge in [0, 0.05) is 16.8 Å². The Labute approximate surface area is 65.5 Å². The minimum absolute atomic E-state index is 0.505. The fourth-order valence-corrected chi connectivity index (χ4v) is 2.63. The minimum atomic E-state index is 0.505. The van der Waals surface area contributed by atoms with Crippen LogP contribution in [0.4, 0.5) is 0 Å². The molecule has 3 heteroatoms. The molecule has 1 N–H and O–H groups in total. The van der Waals surface area contributed by atoms with Gasteiger partial charge in [-0.05, 0) is 19.4 Å². The molecule has 1 unspecified atom stereocenters. The van der Waals surface area contributed by atoms with Crippen LogP contribution in [0.5, 0.6) is 0 Å². The number of thioether (sulfide) groups is 1. The summed E-state index contributed by atoms with van der Waals surface area (Å²) in [6.07, 6.45) is 4.56. The second kappa shape index (κ2) is 2.55. The summed E-state index contributed by atoms with van der Waals surface area (Å²) in [7, 11) is 0. The van der Waals surface area contributed by atoms with Crippen molar-refractivity contribution in [3.05, 3.63) is 0 Å². The van der Waals surface area contributed by atoms with Crippen LogP contribution in [0, 0.1) is 0 Å². The summed E-state index contributed by atoms with van der Waals surface area (Å²) >= 11 is 2.04. The maximum absolute atomic E-state index is 4.29. The SMILES string of the molecule is C1=NCC2(C1)CCNCS2. The third kappa shape index (κ3) is 1.08. The molecule has 0 saturated carbocycles. The Balaban J connectivity index is 2.00. The number of hydrogen-bond acceptors (Lipinski definition) is 3. The van der Waals surface area contributed by atoms with E-state index >= 15 is 0 Å². The largest absolute Gasteiger partial charge is 0.308 e. The van der Waals surface area contributed by atoms with Gasteiger partial charge in [-0.1, -0.05) is 0 Å². The molecule has 0 bridgehead atoms. The Morgan fingerprint density at radius 2 is 2.60 bits per heavy atom. The smallest absolute Gasteiger partial charge is 0.0537 e. The first-order chi connectivity index (χ1) is 4.91. The van der Waals surface area contributed by atoms with Crippen LogP contribution in [0.15, 0.2) is 4.99 Å². The number of nitrogens with one attached hydrogen (secondary N) is 1. The molecule has 0 aromatic rings. The lowest BCUT2D eigenvalue weighted by molar-refractivity contribution is 0.544. The molecule has 10 heavy (non-hydrogen) atoms. The van der Waals surface area contributed by atoms with Gasteiger partial charge in [0.2, 0.25) is 0 Å². The van der Waals surface area contributed by atoms with Crippen LogP contribution in [0.1, 0.15) is 12.8 Å². The van der Waals surface area contributed by atoms with Gasteiger partial charge in [0.05, 0.1) is 6.54 Å². The molecule has 0 amide bonds. The van der Waals surface area contributed by atoms with Gasteiger partial charge in [0.15, 0.2) is 0 Å². The predicted molar refractivity (Wildman–Crippen MR) is 45.8 cm³/mol. The molecule has 2 aliphatic heterocycles. The van der Waals surface area contributed by atoms with Crippen LogP contribution in [-0.4, -0.2) is 29.9 Å². The summed E-state index contributed by atoms with van der Waals surface area (Å²) in [6.45, 7) is 2.23. The van der Waals surface area contributed by atoms with Crippen LogP contribution in [0.2, 0.25) is 0 Å². The van der Waals surface area contributed by atoms with Gasteiger partial charge in [-0.25, -0.2) is 0 Å². The van der Waals surface area contributed by atoms with Crippen molar-refractivity contribution in [3.8, 4) is 0 Å². The third-order valence-corrected chi connectivity index (χ3v) is 3.67. The van der Waals surface area contributed by atoms with Gasteiger partial charge in [-0.15, -0.1) is 11.8 Å². The quantitative estimate of drug-likeness (QED) is 0.563. The molecule has 1 spiro atoms. The number of nitrogens with zero attached hydrogens (tertiary/aromatic N) is 1. The molecule has 2 nitrogen and oxygen atoms in total. The Hall–Kier alpha value is -0.0200. The minimum Gasteiger partial charge on any atom is -0.308 e. The molecule has 1 atom stereocenters. The molecule has 2 rings (SSSR count). The van der Waals surface area contributed by atoms with Crippen molar-refractivity contribution < 1.29 is 0 Å². The first kappa shape index (κ1) is 6.68. The number of hydrogen-bond donors (Lipinski definition) is 1. The van der Waals surface area contributed by atoms with Gasteiger partial charge in [-0.3, -0.25) is 4.99 Å². The first-order valence-electron chi connectivity index (χ1n) is 3.74. The van der Waals surface area contributed by atoms with Crippen molar-refractivity contribution in [1.29, 1.82) is 0 Å². The Bertz CT molecular complexity index is 140. The Kier molecular flexibility index (Phi) is 1.70. The highest BCUT2D eigenvalue weighted by Gasteiger charge is 2.33. The van der Waals surface area contributed by atoms with Crippen molar-refractivity contribution in [1.82, 2.24) is 5.32 Å². The lowest BCUT2D eigenvalue weighted by Gasteiger charge is -2.31. The van der Waals surface area contributed by atoms with Crippen LogP contribution >= 0.6 is 11.8 Å². The topological polar surface area (TPSA) is 24.4 Å². The Morgan fingerprint density at radius 3 is 3.20 bits per heavy atom. The van der Waals surface area contributed by atoms with E-state index in [9.17, 15) is 0 Å². The normalized spacial score (nSPS) is 39.2. The molecule has 0 radical (unpaired) electrons. The van der Waals surface area contributed by atoms with E-state index in [0.717, 1.165) is 12.4 Å². The lowest BCUT2D eigenvalue weighted by atomic mass is 10.0. The average molecular weight is 156 g/mol. The fraction of sp³-hybridized carbons (Fsp3) is 0.857. The molecule has 2 aliphatic rings. The maximum atomic E-state index is 4.29. The van der Waals surface area contributed by atoms with E-state index < -0.39 is 0 Å². The van der Waals surface area contributed by atoms with Crippen LogP contribution in [0.3, 0.4) is 0 Å². The zero-order chi connectivity index (χ0) is 6.86. The molecule has 0 aromatic carbocycles. The highest BCUT2D eigenvalue weighted by atomic mass is 32.2. The van der Waals surface area contributed by atoms with E-state index in [-0.39, 0.29) is 0 Å². The van der Waals surface area contributed by atoms with E-state index in [0.29, 0.717) is 4.75 Å². The molecule has 1 saturated heterocycles. The van der Waals surface area contributed by atoms with E-state index in [2.05, 4.69) is 16.5 Å². The lowest BCUT2D eigenvalue weighted by Crippen LogP contribution is -2.37. The molecule has 0 aliphatic carbocycles. The van der Waals surface area contributed by atoms with Gasteiger partial charge in [0.1, 0.15) is 0 Å². The molecule has 1 fully saturated rings. The van der Waals surface area contributed by atoms with Crippen LogP contribution < -0.4 is 5.32 Å². The first-order valence-corrected chi connectivity index (χ1v) is 4.73. The standard InChI is InChI=1S/C7H12N2S/c1-3-8-5-7(1)2-4-9-6-10-7/h3,9H,1-2,4-6H2. The number of rotatable bonds is 0. The zero-order valence-corrected chi connectivity index (χ0v) is 6.78. The van der Waals surface area contributed by atoms with Crippen LogP contribution in [-0.2, 0) is 0 Å². The summed E-state index contributed by atoms with van der Waals surface area (Å²) in [6, 6.07) is 0. The van der Waals surface area contributed by atoms with Gasteiger partial charge in [-0.2, -0.15) is 0 Å². The molecule has 56 valence electrons. The average Bonchev–Trinajstić information content (AvgIpc) is 2.39. The highest BCUT2D eigenvalue weighted by molar-refractivity contribution is 8.00. The summed E-state index contributed by atoms with van der Waals surface area (Å²) in [4.78, 5) is 4.29. The molecule has 0 aromatic heterocycles. The van der Waals surface area contributed by atoms with Gasteiger partial charge in [0.25, 0.3) is 0 Å². The van der Waals surface area contributed by atoms with Gasteiger partial charge >= 0.3 is 0 Å². The third-order valence-electron chi connectivity index (χ3n) is 2.21. The van der Waals surface area contributed by atoms with E-state index in [4.69, 9.17) is 0 Å². The van der Waals surface area contributed by atoms with E-state index in [1.165, 1.54) is 19.4 Å². The van der Waals surface area contributed by atoms with Crippen molar-refractivity contribution in [3.63, 3.8) is 0 Å². The molecular formula is C7H12N2S. The van der Waals surface area contributed by atoms with Crippen LogP contribution in [0.25, 0.3) is 0 Å². The highest BCUT2D eigenvalue weighted by Crippen LogP contribution is 2.36. The molecule has 2 heterocycles. The Morgan fingerprint density at radius 1 is 1.60 bits per heavy atom. The summed E-state index contributed by atoms with van der Waals surface area (Å²) in [5, 5.41) is 3.34. The second-order valence-electron chi connectivity index (χ2n) is 2.95. The monoisotopic (exact) mass is 156 g/mol. The summed E-state index contributed by atoms with van der Waals surface area (Å²) < 4.78 is 0.505. The van der Waals surface area contributed by atoms with E-state index in [1.807, 2.05) is 11.8 Å². The van der Waals surface area contributed by atoms with Crippen molar-refractivity contribution >= 4 is 18.0 Å². The zero-order valence-electron chi connectivity index (χ0n) is 5.97. The second-order valence-corrected chi connectivity index (χ2v) is 4.39. The number of aliphatic imine (C=N–C) groups is 1. The summed E-state index contributed by atoms with van der Waals surface area (Å²) in [5.41, 5.74) is 0.